The molecule has 1 aromatic carbocycles. The van der Waals surface area contributed by atoms with Gasteiger partial charge in [-0.1, -0.05) is 36.7 Å². The van der Waals surface area contributed by atoms with Crippen molar-refractivity contribution in [3.05, 3.63) is 28.2 Å². The third-order valence-electron chi connectivity index (χ3n) is 3.35. The molecule has 0 saturated carbocycles. The van der Waals surface area contributed by atoms with Crippen LogP contribution >= 0.6 is 15.9 Å². The van der Waals surface area contributed by atoms with Crippen LogP contribution in [0.5, 0.6) is 5.75 Å². The fourth-order valence-corrected chi connectivity index (χ4v) is 2.62. The van der Waals surface area contributed by atoms with Crippen LogP contribution in [0.25, 0.3) is 0 Å². The highest BCUT2D eigenvalue weighted by molar-refractivity contribution is 9.10. The summed E-state index contributed by atoms with van der Waals surface area (Å²) in [5.41, 5.74) is 1.58. The molecule has 0 amide bonds. The third kappa shape index (κ3) is 4.29. The average molecular weight is 314 g/mol. The topological polar surface area (TPSA) is 21.3 Å². The van der Waals surface area contributed by atoms with Gasteiger partial charge in [-0.2, -0.15) is 0 Å². The first kappa shape index (κ1) is 15.5. The zero-order valence-electron chi connectivity index (χ0n) is 12.0. The van der Waals surface area contributed by atoms with Crippen molar-refractivity contribution in [2.75, 3.05) is 14.2 Å². The van der Waals surface area contributed by atoms with E-state index < -0.39 is 0 Å². The van der Waals surface area contributed by atoms with Gasteiger partial charge < -0.3 is 10.1 Å². The van der Waals surface area contributed by atoms with Crippen molar-refractivity contribution in [1.29, 1.82) is 0 Å². The summed E-state index contributed by atoms with van der Waals surface area (Å²) < 4.78 is 6.43. The van der Waals surface area contributed by atoms with Crippen molar-refractivity contribution in [1.82, 2.24) is 5.32 Å². The summed E-state index contributed by atoms with van der Waals surface area (Å²) in [6.07, 6.45) is 2.16. The SMILES string of the molecule is CNC(CCc1cc(OC)ccc1Br)C(C)(C)C. The van der Waals surface area contributed by atoms with Gasteiger partial charge in [0.05, 0.1) is 7.11 Å². The van der Waals surface area contributed by atoms with Crippen LogP contribution in [0, 0.1) is 5.41 Å². The Bertz CT molecular complexity index is 385. The second-order valence-electron chi connectivity index (χ2n) is 5.70. The maximum absolute atomic E-state index is 5.27. The predicted molar refractivity (Wildman–Crippen MR) is 81.3 cm³/mol. The lowest BCUT2D eigenvalue weighted by Gasteiger charge is -2.30. The van der Waals surface area contributed by atoms with Gasteiger partial charge in [-0.3, -0.25) is 0 Å². The molecule has 0 spiro atoms. The first-order valence-electron chi connectivity index (χ1n) is 6.38. The largest absolute Gasteiger partial charge is 0.497 e. The summed E-state index contributed by atoms with van der Waals surface area (Å²) in [5.74, 6) is 0.921. The number of aryl methyl sites for hydroxylation is 1. The Morgan fingerprint density at radius 1 is 1.33 bits per heavy atom. The summed E-state index contributed by atoms with van der Waals surface area (Å²) in [7, 11) is 3.75. The minimum Gasteiger partial charge on any atom is -0.497 e. The molecule has 1 atom stereocenters. The molecule has 0 radical (unpaired) electrons. The minimum absolute atomic E-state index is 0.278. The first-order valence-corrected chi connectivity index (χ1v) is 7.17. The van der Waals surface area contributed by atoms with E-state index in [9.17, 15) is 0 Å². The van der Waals surface area contributed by atoms with Gasteiger partial charge in [0, 0.05) is 10.5 Å². The molecule has 0 saturated heterocycles. The molecule has 102 valence electrons. The summed E-state index contributed by atoms with van der Waals surface area (Å²) >= 11 is 3.61. The number of benzene rings is 1. The molecule has 2 nitrogen and oxygen atoms in total. The summed E-state index contributed by atoms with van der Waals surface area (Å²) in [4.78, 5) is 0. The Kier molecular flexibility index (Phi) is 5.67. The highest BCUT2D eigenvalue weighted by Gasteiger charge is 2.22. The molecule has 0 aliphatic carbocycles. The average Bonchev–Trinajstić information content (AvgIpc) is 2.30. The van der Waals surface area contributed by atoms with Crippen LogP contribution < -0.4 is 10.1 Å². The van der Waals surface area contributed by atoms with E-state index in [1.54, 1.807) is 7.11 Å². The van der Waals surface area contributed by atoms with Gasteiger partial charge in [0.15, 0.2) is 0 Å². The van der Waals surface area contributed by atoms with Crippen LogP contribution in [0.15, 0.2) is 22.7 Å². The Morgan fingerprint density at radius 3 is 2.50 bits per heavy atom. The maximum atomic E-state index is 5.27. The molecule has 1 aromatic rings. The second-order valence-corrected chi connectivity index (χ2v) is 6.56. The second kappa shape index (κ2) is 6.58. The summed E-state index contributed by atoms with van der Waals surface area (Å²) in [6, 6.07) is 6.65. The van der Waals surface area contributed by atoms with Crippen molar-refractivity contribution >= 4 is 15.9 Å². The summed E-state index contributed by atoms with van der Waals surface area (Å²) in [5, 5.41) is 3.41. The van der Waals surface area contributed by atoms with Crippen molar-refractivity contribution in [2.24, 2.45) is 5.41 Å². The van der Waals surface area contributed by atoms with Crippen LogP contribution in [0.4, 0.5) is 0 Å². The van der Waals surface area contributed by atoms with Gasteiger partial charge >= 0.3 is 0 Å². The lowest BCUT2D eigenvalue weighted by atomic mass is 9.83. The minimum atomic E-state index is 0.278. The maximum Gasteiger partial charge on any atom is 0.119 e. The molecule has 0 fully saturated rings. The molecule has 1 rings (SSSR count). The van der Waals surface area contributed by atoms with Gasteiger partial charge in [0.2, 0.25) is 0 Å². The zero-order chi connectivity index (χ0) is 13.8. The van der Waals surface area contributed by atoms with Crippen molar-refractivity contribution in [3.8, 4) is 5.75 Å². The van der Waals surface area contributed by atoms with E-state index in [1.807, 2.05) is 13.1 Å². The number of rotatable bonds is 5. The zero-order valence-corrected chi connectivity index (χ0v) is 13.6. The Labute approximate surface area is 119 Å². The lowest BCUT2D eigenvalue weighted by Crippen LogP contribution is -2.38. The smallest absolute Gasteiger partial charge is 0.119 e. The van der Waals surface area contributed by atoms with E-state index >= 15 is 0 Å². The fourth-order valence-electron chi connectivity index (χ4n) is 2.18. The van der Waals surface area contributed by atoms with Crippen LogP contribution in [-0.4, -0.2) is 20.2 Å². The van der Waals surface area contributed by atoms with Gasteiger partial charge in [-0.15, -0.1) is 0 Å². The van der Waals surface area contributed by atoms with Crippen LogP contribution in [0.3, 0.4) is 0 Å². The van der Waals surface area contributed by atoms with E-state index in [-0.39, 0.29) is 5.41 Å². The lowest BCUT2D eigenvalue weighted by molar-refractivity contribution is 0.268. The van der Waals surface area contributed by atoms with E-state index in [0.717, 1.165) is 23.1 Å². The van der Waals surface area contributed by atoms with Crippen LogP contribution in [0.2, 0.25) is 0 Å². The van der Waals surface area contributed by atoms with Crippen LogP contribution in [-0.2, 0) is 6.42 Å². The van der Waals surface area contributed by atoms with E-state index in [2.05, 4.69) is 54.2 Å². The molecular weight excluding hydrogens is 290 g/mol. The molecule has 1 N–H and O–H groups in total. The third-order valence-corrected chi connectivity index (χ3v) is 4.12. The summed E-state index contributed by atoms with van der Waals surface area (Å²) in [6.45, 7) is 6.82. The molecule has 0 aromatic heterocycles. The molecule has 0 bridgehead atoms. The highest BCUT2D eigenvalue weighted by atomic mass is 79.9. The quantitative estimate of drug-likeness (QED) is 0.886. The van der Waals surface area contributed by atoms with E-state index in [0.29, 0.717) is 6.04 Å². The number of methoxy groups -OCH3 is 1. The highest BCUT2D eigenvalue weighted by Crippen LogP contribution is 2.27. The first-order chi connectivity index (χ1) is 8.38. The number of nitrogens with one attached hydrogen (secondary N) is 1. The van der Waals surface area contributed by atoms with Gasteiger partial charge in [0.1, 0.15) is 5.75 Å². The molecule has 18 heavy (non-hydrogen) atoms. The molecule has 3 heteroatoms. The molecule has 0 heterocycles. The van der Waals surface area contributed by atoms with E-state index in [4.69, 9.17) is 4.74 Å². The predicted octanol–water partition coefficient (Wildman–Crippen LogP) is 4.02. The normalized spacial score (nSPS) is 13.4. The molecule has 0 aliphatic rings. The van der Waals surface area contributed by atoms with Gasteiger partial charge in [0.25, 0.3) is 0 Å². The van der Waals surface area contributed by atoms with Crippen molar-refractivity contribution in [2.45, 2.75) is 39.7 Å². The molecule has 0 aliphatic heterocycles. The Morgan fingerprint density at radius 2 is 2.00 bits per heavy atom. The van der Waals surface area contributed by atoms with E-state index in [1.165, 1.54) is 5.56 Å². The monoisotopic (exact) mass is 313 g/mol. The number of halogens is 1. The fraction of sp³-hybridized carbons (Fsp3) is 0.600. The number of hydrogen-bond donors (Lipinski definition) is 1. The van der Waals surface area contributed by atoms with Crippen molar-refractivity contribution < 1.29 is 4.74 Å². The standard InChI is InChI=1S/C15H24BrNO/c1-15(2,3)14(17-4)9-6-11-10-12(18-5)7-8-13(11)16/h7-8,10,14,17H,6,9H2,1-5H3. The van der Waals surface area contributed by atoms with Gasteiger partial charge in [-0.05, 0) is 49.1 Å². The van der Waals surface area contributed by atoms with Gasteiger partial charge in [-0.25, -0.2) is 0 Å². The molecular formula is C15H24BrNO. The van der Waals surface area contributed by atoms with Crippen molar-refractivity contribution in [3.63, 3.8) is 0 Å². The number of hydrogen-bond acceptors (Lipinski definition) is 2. The Balaban J connectivity index is 2.73. The Hall–Kier alpha value is -0.540. The number of ether oxygens (including phenoxy) is 1. The molecule has 1 unspecified atom stereocenters. The van der Waals surface area contributed by atoms with Crippen LogP contribution in [0.1, 0.15) is 32.8 Å².